The fourth-order valence-electron chi connectivity index (χ4n) is 3.33. The van der Waals surface area contributed by atoms with Crippen molar-refractivity contribution in [1.82, 2.24) is 5.32 Å². The highest BCUT2D eigenvalue weighted by Crippen LogP contribution is 2.27. The Bertz CT molecular complexity index is 821. The Labute approximate surface area is 158 Å². The Kier molecular flexibility index (Phi) is 6.06. The van der Waals surface area contributed by atoms with Crippen LogP contribution in [0, 0.1) is 5.82 Å². The first kappa shape index (κ1) is 18.9. The lowest BCUT2D eigenvalue weighted by molar-refractivity contribution is -0.136. The zero-order valence-corrected chi connectivity index (χ0v) is 15.4. The third kappa shape index (κ3) is 4.84. The molecule has 0 atom stereocenters. The maximum Gasteiger partial charge on any atom is 0.313 e. The van der Waals surface area contributed by atoms with E-state index in [9.17, 15) is 14.0 Å². The lowest BCUT2D eigenvalue weighted by Crippen LogP contribution is -2.36. The highest BCUT2D eigenvalue weighted by molar-refractivity contribution is 6.39. The van der Waals surface area contributed by atoms with Gasteiger partial charge in [0.25, 0.3) is 0 Å². The summed E-state index contributed by atoms with van der Waals surface area (Å²) in [5.41, 5.74) is 4.17. The number of benzene rings is 2. The van der Waals surface area contributed by atoms with Gasteiger partial charge in [0.2, 0.25) is 0 Å². The molecule has 0 saturated carbocycles. The predicted molar refractivity (Wildman–Crippen MR) is 104 cm³/mol. The summed E-state index contributed by atoms with van der Waals surface area (Å²) >= 11 is 0. The van der Waals surface area contributed by atoms with Crippen molar-refractivity contribution < 1.29 is 14.0 Å². The minimum atomic E-state index is -0.759. The van der Waals surface area contributed by atoms with Crippen molar-refractivity contribution in [1.29, 1.82) is 0 Å². The van der Waals surface area contributed by atoms with Crippen LogP contribution in [0.25, 0.3) is 0 Å². The lowest BCUT2D eigenvalue weighted by atomic mass is 9.98. The van der Waals surface area contributed by atoms with Crippen molar-refractivity contribution >= 4 is 23.2 Å². The molecule has 0 unspecified atom stereocenters. The van der Waals surface area contributed by atoms with Gasteiger partial charge in [-0.3, -0.25) is 9.59 Å². The van der Waals surface area contributed by atoms with Gasteiger partial charge in [-0.1, -0.05) is 12.1 Å². The SMILES string of the molecule is CCN1CCCc2cc(CCNC(=O)C(=O)Nc3ccc(F)cc3)ccc21. The molecule has 0 aromatic heterocycles. The molecule has 2 aromatic carbocycles. The summed E-state index contributed by atoms with van der Waals surface area (Å²) in [5.74, 6) is -1.86. The number of aryl methyl sites for hydroxylation is 1. The first-order valence-corrected chi connectivity index (χ1v) is 9.28. The number of carbonyl (C=O) groups is 2. The summed E-state index contributed by atoms with van der Waals surface area (Å²) in [6.07, 6.45) is 2.89. The standard InChI is InChI=1S/C21H24FN3O2/c1-2-25-13-3-4-16-14-15(5-10-19(16)25)11-12-23-20(26)21(27)24-18-8-6-17(22)7-9-18/h5-10,14H,2-4,11-13H2,1H3,(H,23,26)(H,24,27). The number of nitrogens with one attached hydrogen (secondary N) is 2. The van der Waals surface area contributed by atoms with E-state index in [-0.39, 0.29) is 0 Å². The Balaban J connectivity index is 1.49. The van der Waals surface area contributed by atoms with Crippen molar-refractivity contribution in [2.45, 2.75) is 26.2 Å². The van der Waals surface area contributed by atoms with Crippen molar-refractivity contribution in [3.05, 3.63) is 59.4 Å². The molecule has 0 bridgehead atoms. The van der Waals surface area contributed by atoms with Crippen LogP contribution in [-0.2, 0) is 22.4 Å². The molecule has 1 aliphatic heterocycles. The summed E-state index contributed by atoms with van der Waals surface area (Å²) in [7, 11) is 0. The van der Waals surface area contributed by atoms with Crippen molar-refractivity contribution in [3.8, 4) is 0 Å². The summed E-state index contributed by atoms with van der Waals surface area (Å²) in [4.78, 5) is 26.2. The van der Waals surface area contributed by atoms with E-state index in [0.717, 1.165) is 31.5 Å². The van der Waals surface area contributed by atoms with Crippen molar-refractivity contribution in [2.75, 3.05) is 29.9 Å². The van der Waals surface area contributed by atoms with Crippen LogP contribution in [-0.4, -0.2) is 31.4 Å². The van der Waals surface area contributed by atoms with E-state index in [1.165, 1.54) is 35.5 Å². The van der Waals surface area contributed by atoms with Crippen LogP contribution in [0.15, 0.2) is 42.5 Å². The number of fused-ring (bicyclic) bond motifs is 1. The number of amides is 2. The second-order valence-electron chi connectivity index (χ2n) is 6.61. The summed E-state index contributed by atoms with van der Waals surface area (Å²) in [6.45, 7) is 4.65. The quantitative estimate of drug-likeness (QED) is 0.797. The second kappa shape index (κ2) is 8.66. The maximum atomic E-state index is 12.9. The van der Waals surface area contributed by atoms with Gasteiger partial charge in [-0.2, -0.15) is 0 Å². The van der Waals surface area contributed by atoms with Crippen LogP contribution < -0.4 is 15.5 Å². The zero-order valence-electron chi connectivity index (χ0n) is 15.4. The number of anilines is 2. The third-order valence-corrected chi connectivity index (χ3v) is 4.75. The molecule has 2 aromatic rings. The van der Waals surface area contributed by atoms with Crippen LogP contribution >= 0.6 is 0 Å². The van der Waals surface area contributed by atoms with Gasteiger partial charge in [-0.15, -0.1) is 0 Å². The van der Waals surface area contributed by atoms with E-state index in [4.69, 9.17) is 0 Å². The fourth-order valence-corrected chi connectivity index (χ4v) is 3.33. The van der Waals surface area contributed by atoms with Crippen LogP contribution in [0.3, 0.4) is 0 Å². The van der Waals surface area contributed by atoms with Gasteiger partial charge in [-0.05, 0) is 67.6 Å². The van der Waals surface area contributed by atoms with E-state index in [1.54, 1.807) is 0 Å². The number of hydrogen-bond donors (Lipinski definition) is 2. The molecule has 0 spiro atoms. The Morgan fingerprint density at radius 3 is 2.63 bits per heavy atom. The maximum absolute atomic E-state index is 12.9. The van der Waals surface area contributed by atoms with E-state index in [0.29, 0.717) is 18.7 Å². The molecule has 2 N–H and O–H groups in total. The molecule has 1 heterocycles. The average molecular weight is 369 g/mol. The van der Waals surface area contributed by atoms with E-state index in [1.807, 2.05) is 0 Å². The van der Waals surface area contributed by atoms with Crippen LogP contribution in [0.1, 0.15) is 24.5 Å². The first-order valence-electron chi connectivity index (χ1n) is 9.28. The lowest BCUT2D eigenvalue weighted by Gasteiger charge is -2.30. The number of halogens is 1. The first-order chi connectivity index (χ1) is 13.1. The molecule has 3 rings (SSSR count). The minimum absolute atomic E-state index is 0.381. The zero-order chi connectivity index (χ0) is 19.2. The largest absolute Gasteiger partial charge is 0.372 e. The number of carbonyl (C=O) groups excluding carboxylic acids is 2. The van der Waals surface area contributed by atoms with Crippen LogP contribution in [0.2, 0.25) is 0 Å². The third-order valence-electron chi connectivity index (χ3n) is 4.75. The summed E-state index contributed by atoms with van der Waals surface area (Å²) < 4.78 is 12.9. The number of nitrogens with zero attached hydrogens (tertiary/aromatic N) is 1. The molecule has 142 valence electrons. The van der Waals surface area contributed by atoms with E-state index < -0.39 is 17.6 Å². The highest BCUT2D eigenvalue weighted by Gasteiger charge is 2.16. The molecular formula is C21H24FN3O2. The number of rotatable bonds is 5. The molecule has 0 radical (unpaired) electrons. The molecule has 1 aliphatic rings. The van der Waals surface area contributed by atoms with Crippen LogP contribution in [0.4, 0.5) is 15.8 Å². The summed E-state index contributed by atoms with van der Waals surface area (Å²) in [6, 6.07) is 11.7. The number of hydrogen-bond acceptors (Lipinski definition) is 3. The molecule has 2 amide bonds. The smallest absolute Gasteiger partial charge is 0.313 e. The van der Waals surface area contributed by atoms with Gasteiger partial charge in [0.1, 0.15) is 5.82 Å². The topological polar surface area (TPSA) is 61.4 Å². The molecule has 0 fully saturated rings. The van der Waals surface area contributed by atoms with E-state index in [2.05, 4.69) is 40.7 Å². The minimum Gasteiger partial charge on any atom is -0.372 e. The highest BCUT2D eigenvalue weighted by atomic mass is 19.1. The normalized spacial score (nSPS) is 13.0. The average Bonchev–Trinajstić information content (AvgIpc) is 2.68. The second-order valence-corrected chi connectivity index (χ2v) is 6.61. The Morgan fingerprint density at radius 2 is 1.89 bits per heavy atom. The Morgan fingerprint density at radius 1 is 1.11 bits per heavy atom. The monoisotopic (exact) mass is 369 g/mol. The van der Waals surface area contributed by atoms with Gasteiger partial charge in [-0.25, -0.2) is 4.39 Å². The van der Waals surface area contributed by atoms with Gasteiger partial charge in [0, 0.05) is 31.0 Å². The van der Waals surface area contributed by atoms with Crippen molar-refractivity contribution in [3.63, 3.8) is 0 Å². The predicted octanol–water partition coefficient (Wildman–Crippen LogP) is 2.90. The van der Waals surface area contributed by atoms with Gasteiger partial charge in [0.05, 0.1) is 0 Å². The van der Waals surface area contributed by atoms with Crippen molar-refractivity contribution in [2.24, 2.45) is 0 Å². The molecule has 0 saturated heterocycles. The van der Waals surface area contributed by atoms with Crippen LogP contribution in [0.5, 0.6) is 0 Å². The molecule has 6 heteroatoms. The fraction of sp³-hybridized carbons (Fsp3) is 0.333. The molecular weight excluding hydrogens is 345 g/mol. The van der Waals surface area contributed by atoms with Gasteiger partial charge >= 0.3 is 11.8 Å². The van der Waals surface area contributed by atoms with Gasteiger partial charge in [0.15, 0.2) is 0 Å². The molecule has 5 nitrogen and oxygen atoms in total. The molecule has 0 aliphatic carbocycles. The Hall–Kier alpha value is -2.89. The summed E-state index contributed by atoms with van der Waals surface area (Å²) in [5, 5.41) is 5.07. The molecule has 27 heavy (non-hydrogen) atoms. The van der Waals surface area contributed by atoms with Gasteiger partial charge < -0.3 is 15.5 Å². The van der Waals surface area contributed by atoms with E-state index >= 15 is 0 Å².